The minimum Gasteiger partial charge on any atom is -0.465 e. The highest BCUT2D eigenvalue weighted by Gasteiger charge is 2.25. The summed E-state index contributed by atoms with van der Waals surface area (Å²) < 4.78 is 10.0. The Morgan fingerprint density at radius 3 is 2.48 bits per heavy atom. The van der Waals surface area contributed by atoms with Gasteiger partial charge in [0.1, 0.15) is 5.00 Å². The fraction of sp³-hybridized carbons (Fsp3) is 0.381. The van der Waals surface area contributed by atoms with E-state index in [9.17, 15) is 9.59 Å². The Bertz CT molecular complexity index is 906. The van der Waals surface area contributed by atoms with Crippen LogP contribution >= 0.6 is 23.6 Å². The van der Waals surface area contributed by atoms with Crippen molar-refractivity contribution in [2.45, 2.75) is 39.0 Å². The molecule has 3 rings (SSSR count). The van der Waals surface area contributed by atoms with Crippen LogP contribution in [0.3, 0.4) is 0 Å². The van der Waals surface area contributed by atoms with Gasteiger partial charge in [-0.2, -0.15) is 0 Å². The molecule has 0 fully saturated rings. The summed E-state index contributed by atoms with van der Waals surface area (Å²) in [6, 6.07) is 6.86. The number of esters is 2. The van der Waals surface area contributed by atoms with Crippen LogP contribution in [0.15, 0.2) is 24.3 Å². The normalized spacial score (nSPS) is 13.0. The number of thiocarbonyl (C=S) groups is 1. The topological polar surface area (TPSA) is 76.7 Å². The van der Waals surface area contributed by atoms with Gasteiger partial charge in [0, 0.05) is 10.6 Å². The highest BCUT2D eigenvalue weighted by molar-refractivity contribution is 7.80. The maximum atomic E-state index is 12.4. The summed E-state index contributed by atoms with van der Waals surface area (Å²) in [7, 11) is 1.40. The third kappa shape index (κ3) is 5.13. The molecule has 1 heterocycles. The number of ether oxygens (including phenoxy) is 2. The zero-order chi connectivity index (χ0) is 20.8. The lowest BCUT2D eigenvalue weighted by molar-refractivity contribution is 0.0525. The van der Waals surface area contributed by atoms with E-state index in [0.717, 1.165) is 36.9 Å². The first-order valence-corrected chi connectivity index (χ1v) is 10.8. The lowest BCUT2D eigenvalue weighted by atomic mass is 10.1. The number of fused-ring (bicyclic) bond motifs is 1. The van der Waals surface area contributed by atoms with Crippen LogP contribution < -0.4 is 10.6 Å². The summed E-state index contributed by atoms with van der Waals surface area (Å²) >= 11 is 7.00. The number of hydrogen-bond donors (Lipinski definition) is 2. The van der Waals surface area contributed by atoms with Crippen molar-refractivity contribution < 1.29 is 19.1 Å². The molecular formula is C21H24N2O4S2. The van der Waals surface area contributed by atoms with Crippen molar-refractivity contribution >= 4 is 51.3 Å². The van der Waals surface area contributed by atoms with Crippen LogP contribution in [0.4, 0.5) is 10.7 Å². The van der Waals surface area contributed by atoms with Crippen LogP contribution in [0.2, 0.25) is 0 Å². The van der Waals surface area contributed by atoms with Gasteiger partial charge in [0.15, 0.2) is 5.11 Å². The molecular weight excluding hydrogens is 408 g/mol. The van der Waals surface area contributed by atoms with Gasteiger partial charge < -0.3 is 20.1 Å². The standard InChI is InChI=1S/C21H24N2O4S2/c1-3-27-19(24)13-9-11-14(12-10-13)22-21(28)23-18-17(20(25)26-2)15-7-5-4-6-8-16(15)29-18/h9-12H,3-8H2,1-2H3,(H2,22,23,28). The second-order valence-electron chi connectivity index (χ2n) is 6.64. The van der Waals surface area contributed by atoms with Crippen molar-refractivity contribution in [2.75, 3.05) is 24.4 Å². The predicted octanol–water partition coefficient (Wildman–Crippen LogP) is 4.79. The number of aryl methyl sites for hydroxylation is 1. The summed E-state index contributed by atoms with van der Waals surface area (Å²) in [6.45, 7) is 2.10. The zero-order valence-electron chi connectivity index (χ0n) is 16.5. The molecule has 1 aliphatic carbocycles. The molecule has 0 saturated carbocycles. The molecule has 154 valence electrons. The Kier molecular flexibility index (Phi) is 7.22. The number of carbonyl (C=O) groups excluding carboxylic acids is 2. The van der Waals surface area contributed by atoms with Gasteiger partial charge in [-0.25, -0.2) is 9.59 Å². The van der Waals surface area contributed by atoms with Gasteiger partial charge in [-0.05, 0) is 74.7 Å². The van der Waals surface area contributed by atoms with Crippen molar-refractivity contribution in [3.63, 3.8) is 0 Å². The van der Waals surface area contributed by atoms with Gasteiger partial charge in [-0.3, -0.25) is 0 Å². The van der Waals surface area contributed by atoms with Crippen LogP contribution in [0.25, 0.3) is 0 Å². The Morgan fingerprint density at radius 1 is 1.07 bits per heavy atom. The second-order valence-corrected chi connectivity index (χ2v) is 8.15. The summed E-state index contributed by atoms with van der Waals surface area (Å²) in [5.41, 5.74) is 2.89. The number of rotatable bonds is 5. The molecule has 0 amide bonds. The lowest BCUT2D eigenvalue weighted by Crippen LogP contribution is -2.20. The van der Waals surface area contributed by atoms with Crippen molar-refractivity contribution in [1.82, 2.24) is 0 Å². The Hall–Kier alpha value is -2.45. The number of thiophene rings is 1. The van der Waals surface area contributed by atoms with Crippen LogP contribution in [-0.4, -0.2) is 30.8 Å². The van der Waals surface area contributed by atoms with E-state index >= 15 is 0 Å². The van der Waals surface area contributed by atoms with Gasteiger partial charge in [-0.15, -0.1) is 11.3 Å². The summed E-state index contributed by atoms with van der Waals surface area (Å²) in [5.74, 6) is -0.698. The minimum absolute atomic E-state index is 0.333. The van der Waals surface area contributed by atoms with Crippen LogP contribution in [0.1, 0.15) is 57.3 Å². The van der Waals surface area contributed by atoms with Crippen LogP contribution in [-0.2, 0) is 22.3 Å². The third-order valence-corrected chi connectivity index (χ3v) is 6.10. The molecule has 0 saturated heterocycles. The van der Waals surface area contributed by atoms with Crippen LogP contribution in [0, 0.1) is 0 Å². The van der Waals surface area contributed by atoms with Crippen molar-refractivity contribution in [2.24, 2.45) is 0 Å². The third-order valence-electron chi connectivity index (χ3n) is 4.69. The SMILES string of the molecule is CCOC(=O)c1ccc(NC(=S)Nc2sc3c(c2C(=O)OC)CCCCC3)cc1. The van der Waals surface area contributed by atoms with Gasteiger partial charge >= 0.3 is 11.9 Å². The highest BCUT2D eigenvalue weighted by atomic mass is 32.1. The van der Waals surface area contributed by atoms with Crippen molar-refractivity contribution in [1.29, 1.82) is 0 Å². The molecule has 6 nitrogen and oxygen atoms in total. The first-order chi connectivity index (χ1) is 14.0. The number of methoxy groups -OCH3 is 1. The van der Waals surface area contributed by atoms with Gasteiger partial charge in [0.05, 0.1) is 24.8 Å². The fourth-order valence-electron chi connectivity index (χ4n) is 3.32. The second kappa shape index (κ2) is 9.84. The average molecular weight is 433 g/mol. The smallest absolute Gasteiger partial charge is 0.341 e. The fourth-order valence-corrected chi connectivity index (χ4v) is 4.88. The summed E-state index contributed by atoms with van der Waals surface area (Å²) in [5, 5.41) is 7.33. The van der Waals surface area contributed by atoms with E-state index in [1.165, 1.54) is 18.4 Å². The first-order valence-electron chi connectivity index (χ1n) is 9.61. The molecule has 1 aromatic heterocycles. The molecule has 8 heteroatoms. The van der Waals surface area contributed by atoms with Gasteiger partial charge in [-0.1, -0.05) is 6.42 Å². The van der Waals surface area contributed by atoms with Gasteiger partial charge in [0.2, 0.25) is 0 Å². The maximum absolute atomic E-state index is 12.4. The van der Waals surface area contributed by atoms with Gasteiger partial charge in [0.25, 0.3) is 0 Å². The molecule has 1 aromatic carbocycles. The van der Waals surface area contributed by atoms with E-state index in [-0.39, 0.29) is 11.9 Å². The van der Waals surface area contributed by atoms with E-state index in [0.29, 0.717) is 27.8 Å². The summed E-state index contributed by atoms with van der Waals surface area (Å²) in [4.78, 5) is 25.4. The first kappa shape index (κ1) is 21.3. The Balaban J connectivity index is 1.73. The number of hydrogen-bond acceptors (Lipinski definition) is 6. The lowest BCUT2D eigenvalue weighted by Gasteiger charge is -2.11. The maximum Gasteiger partial charge on any atom is 0.341 e. The van der Waals surface area contributed by atoms with E-state index in [2.05, 4.69) is 10.6 Å². The van der Waals surface area contributed by atoms with Crippen LogP contribution in [0.5, 0.6) is 0 Å². The minimum atomic E-state index is -0.359. The average Bonchev–Trinajstić information content (AvgIpc) is 2.88. The highest BCUT2D eigenvalue weighted by Crippen LogP contribution is 2.38. The summed E-state index contributed by atoms with van der Waals surface area (Å²) in [6.07, 6.45) is 5.23. The van der Waals surface area contributed by atoms with E-state index in [1.54, 1.807) is 42.5 Å². The molecule has 0 spiro atoms. The number of carbonyl (C=O) groups is 2. The van der Waals surface area contributed by atoms with Crippen molar-refractivity contribution in [3.05, 3.63) is 45.8 Å². The van der Waals surface area contributed by atoms with E-state index in [1.807, 2.05) is 0 Å². The number of nitrogens with one attached hydrogen (secondary N) is 2. The molecule has 1 aliphatic rings. The molecule has 2 N–H and O–H groups in total. The molecule has 0 atom stereocenters. The molecule has 2 aromatic rings. The largest absolute Gasteiger partial charge is 0.465 e. The molecule has 29 heavy (non-hydrogen) atoms. The van der Waals surface area contributed by atoms with E-state index < -0.39 is 0 Å². The monoisotopic (exact) mass is 432 g/mol. The van der Waals surface area contributed by atoms with E-state index in [4.69, 9.17) is 21.7 Å². The molecule has 0 unspecified atom stereocenters. The quantitative estimate of drug-likeness (QED) is 0.400. The molecule has 0 radical (unpaired) electrons. The number of anilines is 2. The number of benzene rings is 1. The molecule has 0 aliphatic heterocycles. The molecule has 0 bridgehead atoms. The Labute approximate surface area is 179 Å². The predicted molar refractivity (Wildman–Crippen MR) is 119 cm³/mol. The Morgan fingerprint density at radius 2 is 1.79 bits per heavy atom. The zero-order valence-corrected chi connectivity index (χ0v) is 18.1. The van der Waals surface area contributed by atoms with Crippen molar-refractivity contribution in [3.8, 4) is 0 Å².